The molecule has 0 atom stereocenters. The van der Waals surface area contributed by atoms with E-state index in [1.54, 1.807) is 12.3 Å². The van der Waals surface area contributed by atoms with E-state index >= 15 is 0 Å². The van der Waals surface area contributed by atoms with Crippen LogP contribution in [0.25, 0.3) is 72.1 Å². The van der Waals surface area contributed by atoms with Gasteiger partial charge in [0, 0.05) is 55.6 Å². The fraction of sp³-hybridized carbons (Fsp3) is 0.192. The van der Waals surface area contributed by atoms with Crippen molar-refractivity contribution in [1.82, 2.24) is 9.55 Å². The Balaban J connectivity index is 0.979. The molecule has 0 aliphatic carbocycles. The molecule has 78 heavy (non-hydrogen) atoms. The van der Waals surface area contributed by atoms with E-state index in [0.717, 1.165) is 89.1 Å². The molecule has 386 valence electrons. The monoisotopic (exact) mass is 1020 g/mol. The largest absolute Gasteiger partial charge is 0.457 e. The van der Waals surface area contributed by atoms with Crippen LogP contribution in [0.5, 0.6) is 11.5 Å². The number of hydrogen-bond donors (Lipinski definition) is 0. The van der Waals surface area contributed by atoms with E-state index in [9.17, 15) is 0 Å². The zero-order valence-corrected chi connectivity index (χ0v) is 46.2. The van der Waals surface area contributed by atoms with Crippen LogP contribution < -0.4 is 14.5 Å². The SMILES string of the molecule is [2H]C([2H])([2H])c1cc(-n2c3ccc(-c4ccc(C(C)(C)C)cc4)cc3c3ccc(Oc4cc(N5CN(c6c(-c7ccccc7)cccc6-c6ccc(C(C)(C)C)cc6)c6ccccc65)cc(C(C)(C)C)c4)cc32)ncc1-c1ccccc1. The zero-order valence-electron chi connectivity index (χ0n) is 49.2. The van der Waals surface area contributed by atoms with E-state index < -0.39 is 6.85 Å². The molecule has 0 saturated heterocycles. The van der Waals surface area contributed by atoms with Crippen LogP contribution >= 0.6 is 0 Å². The van der Waals surface area contributed by atoms with E-state index in [1.807, 2.05) is 36.4 Å². The van der Waals surface area contributed by atoms with Gasteiger partial charge >= 0.3 is 0 Å². The molecule has 0 bridgehead atoms. The molecule has 0 amide bonds. The Morgan fingerprint density at radius 1 is 0.423 bits per heavy atom. The molecule has 0 fully saturated rings. The number of para-hydroxylation sites is 3. The molecular formula is C73H68N4O. The van der Waals surface area contributed by atoms with Crippen LogP contribution in [0.4, 0.5) is 22.7 Å². The Morgan fingerprint density at radius 3 is 1.60 bits per heavy atom. The van der Waals surface area contributed by atoms with Crippen LogP contribution in [0.3, 0.4) is 0 Å². The average Bonchev–Trinajstić information content (AvgIpc) is 3.99. The van der Waals surface area contributed by atoms with Gasteiger partial charge in [0.2, 0.25) is 0 Å². The lowest BCUT2D eigenvalue weighted by atomic mass is 9.86. The maximum atomic E-state index is 8.77. The Morgan fingerprint density at radius 2 is 0.987 bits per heavy atom. The van der Waals surface area contributed by atoms with E-state index in [0.29, 0.717) is 29.5 Å². The van der Waals surface area contributed by atoms with Gasteiger partial charge in [-0.05, 0) is 128 Å². The smallest absolute Gasteiger partial charge is 0.137 e. The second-order valence-corrected chi connectivity index (χ2v) is 24.0. The molecular weight excluding hydrogens is 949 g/mol. The highest BCUT2D eigenvalue weighted by Crippen LogP contribution is 2.51. The molecule has 0 saturated carbocycles. The van der Waals surface area contributed by atoms with Crippen molar-refractivity contribution in [2.45, 2.75) is 85.4 Å². The number of nitrogens with zero attached hydrogens (tertiary/aromatic N) is 4. The quantitative estimate of drug-likeness (QED) is 0.144. The summed E-state index contributed by atoms with van der Waals surface area (Å²) in [5.41, 5.74) is 18.1. The number of ether oxygens (including phenoxy) is 1. The van der Waals surface area contributed by atoms with Crippen LogP contribution in [0.15, 0.2) is 219 Å². The fourth-order valence-corrected chi connectivity index (χ4v) is 11.1. The summed E-state index contributed by atoms with van der Waals surface area (Å²) in [6.45, 7) is 18.4. The lowest BCUT2D eigenvalue weighted by Crippen LogP contribution is -2.25. The summed E-state index contributed by atoms with van der Waals surface area (Å²) in [4.78, 5) is 9.95. The van der Waals surface area contributed by atoms with Crippen molar-refractivity contribution in [2.75, 3.05) is 16.5 Å². The summed E-state index contributed by atoms with van der Waals surface area (Å²) >= 11 is 0. The second-order valence-electron chi connectivity index (χ2n) is 24.0. The van der Waals surface area contributed by atoms with Gasteiger partial charge in [-0.1, -0.05) is 208 Å². The third-order valence-corrected chi connectivity index (χ3v) is 15.5. The zero-order chi connectivity index (χ0) is 56.6. The number of benzene rings is 9. The Labute approximate surface area is 465 Å². The van der Waals surface area contributed by atoms with Gasteiger partial charge < -0.3 is 14.5 Å². The van der Waals surface area contributed by atoms with Gasteiger partial charge in [-0.25, -0.2) is 4.98 Å². The Bertz CT molecular complexity index is 4140. The van der Waals surface area contributed by atoms with Crippen molar-refractivity contribution in [3.05, 3.63) is 241 Å². The number of hydrogen-bond acceptors (Lipinski definition) is 4. The first-order chi connectivity index (χ1) is 38.7. The number of fused-ring (bicyclic) bond motifs is 4. The van der Waals surface area contributed by atoms with Gasteiger partial charge in [-0.3, -0.25) is 4.57 Å². The van der Waals surface area contributed by atoms with Gasteiger partial charge in [-0.2, -0.15) is 0 Å². The summed E-state index contributed by atoms with van der Waals surface area (Å²) in [6.07, 6.45) is 1.71. The molecule has 11 aromatic rings. The van der Waals surface area contributed by atoms with Gasteiger partial charge in [-0.15, -0.1) is 0 Å². The minimum atomic E-state index is -2.41. The molecule has 3 heterocycles. The van der Waals surface area contributed by atoms with E-state index in [1.165, 1.54) is 11.1 Å². The van der Waals surface area contributed by atoms with Crippen molar-refractivity contribution in [2.24, 2.45) is 0 Å². The first kappa shape index (κ1) is 46.6. The fourth-order valence-electron chi connectivity index (χ4n) is 11.1. The number of aromatic nitrogens is 2. The molecule has 0 unspecified atom stereocenters. The third-order valence-electron chi connectivity index (χ3n) is 15.5. The van der Waals surface area contributed by atoms with Gasteiger partial charge in [0.15, 0.2) is 0 Å². The lowest BCUT2D eigenvalue weighted by Gasteiger charge is -2.28. The number of rotatable bonds is 9. The predicted octanol–water partition coefficient (Wildman–Crippen LogP) is 20.1. The van der Waals surface area contributed by atoms with Crippen LogP contribution in [-0.4, -0.2) is 16.2 Å². The van der Waals surface area contributed by atoms with Gasteiger partial charge in [0.25, 0.3) is 0 Å². The summed E-state index contributed by atoms with van der Waals surface area (Å²) in [6, 6.07) is 74.8. The molecule has 0 N–H and O–H groups in total. The molecule has 0 radical (unpaired) electrons. The highest BCUT2D eigenvalue weighted by atomic mass is 16.5. The molecule has 0 spiro atoms. The van der Waals surface area contributed by atoms with Crippen LogP contribution in [0.2, 0.25) is 0 Å². The standard InChI is InChI=1S/C73H68N4O/c1-48-40-69(74-46-64(48)51-22-15-12-16-23-51)77-65-39-32-53(49-28-33-54(34-29-49)71(2,3)4)41-63(65)62-38-37-58(45-68(62)77)78-59-43-56(73(8,9)10)42-57(44-59)75-47-76(67-27-18-17-26-66(67)75)70-60(50-20-13-11-14-21-50)24-19-25-61(70)52-30-35-55(36-31-52)72(5,6)7/h11-46H,47H2,1-10H3/i1D3. The molecule has 1 aliphatic heterocycles. The second kappa shape index (κ2) is 19.4. The first-order valence-electron chi connectivity index (χ1n) is 28.7. The molecule has 2 aromatic heterocycles. The third kappa shape index (κ3) is 9.42. The van der Waals surface area contributed by atoms with Gasteiger partial charge in [0.1, 0.15) is 24.0 Å². The molecule has 1 aliphatic rings. The maximum absolute atomic E-state index is 8.77. The minimum absolute atomic E-state index is 0.0307. The lowest BCUT2D eigenvalue weighted by molar-refractivity contribution is 0.479. The van der Waals surface area contributed by atoms with E-state index in [4.69, 9.17) is 13.8 Å². The molecule has 9 aromatic carbocycles. The van der Waals surface area contributed by atoms with E-state index in [-0.39, 0.29) is 21.8 Å². The first-order valence-corrected chi connectivity index (χ1v) is 27.2. The summed E-state index contributed by atoms with van der Waals surface area (Å²) in [5.74, 6) is 1.85. The van der Waals surface area contributed by atoms with E-state index in [2.05, 4.69) is 247 Å². The Hall–Kier alpha value is -8.67. The van der Waals surface area contributed by atoms with Crippen molar-refractivity contribution in [1.29, 1.82) is 0 Å². The van der Waals surface area contributed by atoms with Crippen LogP contribution in [-0.2, 0) is 16.2 Å². The summed E-state index contributed by atoms with van der Waals surface area (Å²) in [5, 5.41) is 2.01. The summed E-state index contributed by atoms with van der Waals surface area (Å²) in [7, 11) is 0. The van der Waals surface area contributed by atoms with Crippen molar-refractivity contribution >= 4 is 44.6 Å². The number of pyridine rings is 1. The molecule has 5 nitrogen and oxygen atoms in total. The maximum Gasteiger partial charge on any atom is 0.137 e. The van der Waals surface area contributed by atoms with Gasteiger partial charge in [0.05, 0.1) is 28.1 Å². The topological polar surface area (TPSA) is 33.5 Å². The summed E-state index contributed by atoms with van der Waals surface area (Å²) < 4.78 is 35.5. The average molecular weight is 1020 g/mol. The van der Waals surface area contributed by atoms with Crippen LogP contribution in [0.1, 0.15) is 88.7 Å². The Kier molecular flexibility index (Phi) is 11.6. The molecule has 5 heteroatoms. The number of anilines is 4. The minimum Gasteiger partial charge on any atom is -0.457 e. The predicted molar refractivity (Wildman–Crippen MR) is 330 cm³/mol. The highest BCUT2D eigenvalue weighted by Gasteiger charge is 2.33. The van der Waals surface area contributed by atoms with Crippen molar-refractivity contribution in [3.8, 4) is 61.8 Å². The van der Waals surface area contributed by atoms with Crippen molar-refractivity contribution in [3.63, 3.8) is 0 Å². The van der Waals surface area contributed by atoms with Crippen molar-refractivity contribution < 1.29 is 8.85 Å². The highest BCUT2D eigenvalue weighted by molar-refractivity contribution is 6.11. The molecule has 12 rings (SSSR count). The number of aryl methyl sites for hydroxylation is 1. The normalized spacial score (nSPS) is 13.6. The van der Waals surface area contributed by atoms with Crippen LogP contribution in [0, 0.1) is 6.85 Å².